The van der Waals surface area contributed by atoms with Crippen molar-refractivity contribution in [2.75, 3.05) is 20.4 Å². The summed E-state index contributed by atoms with van der Waals surface area (Å²) in [4.78, 5) is 0. The maximum atomic E-state index is 8.09. The summed E-state index contributed by atoms with van der Waals surface area (Å²) in [5.74, 6) is 0. The summed E-state index contributed by atoms with van der Waals surface area (Å²) >= 11 is 0. The fourth-order valence-corrected chi connectivity index (χ4v) is 0.726. The van der Waals surface area contributed by atoms with Crippen molar-refractivity contribution >= 4 is 8.38 Å². The van der Waals surface area contributed by atoms with Crippen molar-refractivity contribution in [1.29, 1.82) is 5.26 Å². The third-order valence-electron chi connectivity index (χ3n) is 0.744. The Balaban J connectivity index is 2.99. The molecule has 0 aromatic carbocycles. The van der Waals surface area contributed by atoms with Gasteiger partial charge in [0.15, 0.2) is 8.38 Å². The number of nitrogens with zero attached hydrogens (tertiary/aromatic N) is 1. The maximum absolute atomic E-state index is 8.09. The molecule has 0 aliphatic carbocycles. The molecule has 0 bridgehead atoms. The van der Waals surface area contributed by atoms with Crippen LogP contribution in [0.25, 0.3) is 0 Å². The molecular weight excluding hydrogens is 137 g/mol. The Bertz CT molecular complexity index is 102. The van der Waals surface area contributed by atoms with Crippen molar-refractivity contribution in [2.24, 2.45) is 0 Å². The van der Waals surface area contributed by atoms with E-state index < -0.39 is 8.38 Å². The average Bonchev–Trinajstić information content (AvgIpc) is 1.89. The smallest absolute Gasteiger partial charge is 0.166 e. The van der Waals surface area contributed by atoms with Gasteiger partial charge in [0.1, 0.15) is 0 Å². The Morgan fingerprint density at radius 2 is 2.33 bits per heavy atom. The van der Waals surface area contributed by atoms with Gasteiger partial charge in [0, 0.05) is 13.8 Å². The van der Waals surface area contributed by atoms with Gasteiger partial charge in [-0.25, -0.2) is 0 Å². The molecular formula is C5H10NO2P. The Kier molecular flexibility index (Phi) is 5.86. The molecule has 9 heavy (non-hydrogen) atoms. The van der Waals surface area contributed by atoms with E-state index in [-0.39, 0.29) is 0 Å². The summed E-state index contributed by atoms with van der Waals surface area (Å²) in [6.45, 7) is 2.33. The van der Waals surface area contributed by atoms with Gasteiger partial charge in [-0.1, -0.05) is 0 Å². The highest BCUT2D eigenvalue weighted by molar-refractivity contribution is 7.46. The minimum Gasteiger partial charge on any atom is -0.338 e. The third-order valence-corrected chi connectivity index (χ3v) is 1.80. The maximum Gasteiger partial charge on any atom is 0.166 e. The fraction of sp³-hybridized carbons (Fsp3) is 0.800. The molecule has 0 fully saturated rings. The van der Waals surface area contributed by atoms with E-state index in [0.717, 1.165) is 0 Å². The molecule has 0 N–H and O–H groups in total. The van der Waals surface area contributed by atoms with Gasteiger partial charge in [0.2, 0.25) is 0 Å². The van der Waals surface area contributed by atoms with Crippen LogP contribution in [0, 0.1) is 11.3 Å². The van der Waals surface area contributed by atoms with Gasteiger partial charge >= 0.3 is 0 Å². The Labute approximate surface area is 56.5 Å². The van der Waals surface area contributed by atoms with Crippen LogP contribution >= 0.6 is 8.38 Å². The highest BCUT2D eigenvalue weighted by Gasteiger charge is 1.96. The second-order valence-corrected chi connectivity index (χ2v) is 2.87. The van der Waals surface area contributed by atoms with Crippen LogP contribution in [0.1, 0.15) is 6.42 Å². The minimum absolute atomic E-state index is 0.441. The lowest BCUT2D eigenvalue weighted by Crippen LogP contribution is -1.87. The van der Waals surface area contributed by atoms with Crippen molar-refractivity contribution in [3.05, 3.63) is 0 Å². The van der Waals surface area contributed by atoms with Gasteiger partial charge in [0.05, 0.1) is 19.1 Å². The Hall–Kier alpha value is -0.160. The second-order valence-electron chi connectivity index (χ2n) is 1.36. The lowest BCUT2D eigenvalue weighted by atomic mass is 10.5. The van der Waals surface area contributed by atoms with E-state index in [0.29, 0.717) is 13.0 Å². The molecule has 1 atom stereocenters. The first kappa shape index (κ1) is 8.84. The number of rotatable bonds is 4. The molecule has 0 saturated carbocycles. The molecule has 0 aromatic heterocycles. The molecule has 0 saturated heterocycles. The predicted octanol–water partition coefficient (Wildman–Crippen LogP) is 1.50. The van der Waals surface area contributed by atoms with E-state index in [2.05, 4.69) is 0 Å². The second kappa shape index (κ2) is 5.97. The van der Waals surface area contributed by atoms with E-state index in [1.807, 2.05) is 12.7 Å². The average molecular weight is 147 g/mol. The minimum atomic E-state index is -0.741. The van der Waals surface area contributed by atoms with Crippen LogP contribution in [0.3, 0.4) is 0 Å². The summed E-state index contributed by atoms with van der Waals surface area (Å²) in [7, 11) is 0.854. The first-order valence-electron chi connectivity index (χ1n) is 2.59. The normalized spacial score (nSPS) is 12.6. The van der Waals surface area contributed by atoms with E-state index in [1.54, 1.807) is 7.11 Å². The van der Waals surface area contributed by atoms with Crippen LogP contribution < -0.4 is 0 Å². The van der Waals surface area contributed by atoms with E-state index in [9.17, 15) is 0 Å². The first-order chi connectivity index (χ1) is 4.31. The van der Waals surface area contributed by atoms with Gasteiger partial charge < -0.3 is 9.05 Å². The monoisotopic (exact) mass is 147 g/mol. The molecule has 4 heteroatoms. The van der Waals surface area contributed by atoms with Crippen molar-refractivity contribution in [2.45, 2.75) is 6.42 Å². The molecule has 1 unspecified atom stereocenters. The van der Waals surface area contributed by atoms with Gasteiger partial charge in [-0.05, 0) is 0 Å². The molecule has 0 radical (unpaired) electrons. The van der Waals surface area contributed by atoms with E-state index in [1.165, 1.54) is 0 Å². The molecule has 0 aliphatic rings. The quantitative estimate of drug-likeness (QED) is 0.447. The number of hydrogen-bond acceptors (Lipinski definition) is 3. The van der Waals surface area contributed by atoms with Gasteiger partial charge in [-0.2, -0.15) is 5.26 Å². The summed E-state index contributed by atoms with van der Waals surface area (Å²) in [6.07, 6.45) is 0.441. The summed E-state index contributed by atoms with van der Waals surface area (Å²) in [5.41, 5.74) is 0. The van der Waals surface area contributed by atoms with Gasteiger partial charge in [0.25, 0.3) is 0 Å². The van der Waals surface area contributed by atoms with Crippen molar-refractivity contribution in [3.63, 3.8) is 0 Å². The number of nitriles is 1. The van der Waals surface area contributed by atoms with Crippen LogP contribution in [-0.2, 0) is 9.05 Å². The highest BCUT2D eigenvalue weighted by atomic mass is 31.2. The molecule has 0 aromatic rings. The molecule has 0 amide bonds. The zero-order valence-corrected chi connectivity index (χ0v) is 6.52. The largest absolute Gasteiger partial charge is 0.338 e. The number of hydrogen-bond donors (Lipinski definition) is 0. The zero-order chi connectivity index (χ0) is 7.11. The zero-order valence-electron chi connectivity index (χ0n) is 5.63. The van der Waals surface area contributed by atoms with Gasteiger partial charge in [-0.3, -0.25) is 0 Å². The SMILES string of the molecule is COP(C)OCCC#N. The lowest BCUT2D eigenvalue weighted by Gasteiger charge is -2.06. The van der Waals surface area contributed by atoms with Crippen molar-refractivity contribution in [3.8, 4) is 6.07 Å². The molecule has 0 heterocycles. The van der Waals surface area contributed by atoms with Gasteiger partial charge in [-0.15, -0.1) is 0 Å². The third kappa shape index (κ3) is 5.72. The van der Waals surface area contributed by atoms with Crippen LogP contribution in [-0.4, -0.2) is 20.4 Å². The molecule has 52 valence electrons. The Morgan fingerprint density at radius 1 is 1.67 bits per heavy atom. The van der Waals surface area contributed by atoms with E-state index >= 15 is 0 Å². The Morgan fingerprint density at radius 3 is 2.78 bits per heavy atom. The topological polar surface area (TPSA) is 42.2 Å². The summed E-state index contributed by atoms with van der Waals surface area (Å²) < 4.78 is 9.88. The lowest BCUT2D eigenvalue weighted by molar-refractivity contribution is 0.294. The molecule has 0 rings (SSSR count). The van der Waals surface area contributed by atoms with Crippen molar-refractivity contribution in [1.82, 2.24) is 0 Å². The summed E-state index contributed by atoms with van der Waals surface area (Å²) in [5, 5.41) is 8.09. The fourth-order valence-electron chi connectivity index (χ4n) is 0.273. The molecule has 3 nitrogen and oxygen atoms in total. The van der Waals surface area contributed by atoms with Crippen LogP contribution in [0.5, 0.6) is 0 Å². The van der Waals surface area contributed by atoms with Crippen molar-refractivity contribution < 1.29 is 9.05 Å². The van der Waals surface area contributed by atoms with Crippen LogP contribution in [0.2, 0.25) is 0 Å². The standard InChI is InChI=1S/C5H10NO2P/c1-7-9(2)8-5-3-4-6/h3,5H2,1-2H3. The predicted molar refractivity (Wildman–Crippen MR) is 36.0 cm³/mol. The van der Waals surface area contributed by atoms with E-state index in [4.69, 9.17) is 14.3 Å². The molecule has 0 aliphatic heterocycles. The summed E-state index contributed by atoms with van der Waals surface area (Å²) in [6, 6.07) is 1.98. The molecule has 0 spiro atoms. The first-order valence-corrected chi connectivity index (χ1v) is 4.21. The van der Waals surface area contributed by atoms with Crippen LogP contribution in [0.4, 0.5) is 0 Å². The van der Waals surface area contributed by atoms with Crippen LogP contribution in [0.15, 0.2) is 0 Å². The highest BCUT2D eigenvalue weighted by Crippen LogP contribution is 2.31.